The predicted molar refractivity (Wildman–Crippen MR) is 110 cm³/mol. The zero-order valence-corrected chi connectivity index (χ0v) is 18.3. The fraction of sp³-hybridized carbons (Fsp3) is 0.364. The first-order valence-corrected chi connectivity index (χ1v) is 9.71. The fourth-order valence-electron chi connectivity index (χ4n) is 2.85. The summed E-state index contributed by atoms with van der Waals surface area (Å²) in [4.78, 5) is 26.4. The molecular formula is C22H23F5N2O4. The van der Waals surface area contributed by atoms with E-state index in [-0.39, 0.29) is 17.7 Å². The van der Waals surface area contributed by atoms with Gasteiger partial charge in [0.15, 0.2) is 0 Å². The quantitative estimate of drug-likeness (QED) is 0.601. The highest BCUT2D eigenvalue weighted by molar-refractivity contribution is 5.98. The van der Waals surface area contributed by atoms with Crippen molar-refractivity contribution in [2.45, 2.75) is 45.2 Å². The number of hydrogen-bond acceptors (Lipinski definition) is 4. The molecule has 0 aliphatic carbocycles. The van der Waals surface area contributed by atoms with E-state index in [4.69, 9.17) is 4.74 Å². The van der Waals surface area contributed by atoms with E-state index < -0.39 is 47.4 Å². The molecule has 1 N–H and O–H groups in total. The molecule has 0 aromatic heterocycles. The standard InChI is InChI=1S/C22H23F5N2O4/c1-21(2,3)33-20(31)28-18(11-13-9-14(23)12-15(24)10-13)19(30)29(4)16-5-7-17(8-6-16)32-22(25,26)27/h5-10,12,18H,11H2,1-4H3,(H,28,31)/t18-/m0/s1. The Morgan fingerprint density at radius 2 is 1.55 bits per heavy atom. The number of ether oxygens (including phenoxy) is 2. The number of likely N-dealkylation sites (N-methyl/N-ethyl adjacent to an activating group) is 1. The van der Waals surface area contributed by atoms with Crippen molar-refractivity contribution in [3.8, 4) is 5.75 Å². The number of alkyl halides is 3. The third kappa shape index (κ3) is 8.59. The molecule has 180 valence electrons. The Morgan fingerprint density at radius 3 is 2.03 bits per heavy atom. The van der Waals surface area contributed by atoms with Crippen molar-refractivity contribution in [3.63, 3.8) is 0 Å². The molecule has 0 radical (unpaired) electrons. The minimum atomic E-state index is -4.87. The molecule has 0 fully saturated rings. The lowest BCUT2D eigenvalue weighted by Crippen LogP contribution is -2.50. The van der Waals surface area contributed by atoms with Gasteiger partial charge in [-0.2, -0.15) is 0 Å². The van der Waals surface area contributed by atoms with Crippen LogP contribution in [-0.4, -0.2) is 37.1 Å². The van der Waals surface area contributed by atoms with Crippen molar-refractivity contribution in [2.24, 2.45) is 0 Å². The maximum atomic E-state index is 13.6. The van der Waals surface area contributed by atoms with Crippen molar-refractivity contribution >= 4 is 17.7 Å². The van der Waals surface area contributed by atoms with Gasteiger partial charge in [-0.3, -0.25) is 4.79 Å². The maximum Gasteiger partial charge on any atom is 0.573 e. The van der Waals surface area contributed by atoms with Crippen LogP contribution in [0.2, 0.25) is 0 Å². The number of carbonyl (C=O) groups excluding carboxylic acids is 2. The average molecular weight is 474 g/mol. The highest BCUT2D eigenvalue weighted by atomic mass is 19.4. The minimum Gasteiger partial charge on any atom is -0.444 e. The van der Waals surface area contributed by atoms with Crippen molar-refractivity contribution in [3.05, 3.63) is 59.7 Å². The molecule has 6 nitrogen and oxygen atoms in total. The zero-order chi connectivity index (χ0) is 25.0. The summed E-state index contributed by atoms with van der Waals surface area (Å²) in [5.74, 6) is -2.90. The van der Waals surface area contributed by atoms with Gasteiger partial charge in [0.2, 0.25) is 5.91 Å². The van der Waals surface area contributed by atoms with Gasteiger partial charge in [-0.25, -0.2) is 13.6 Å². The van der Waals surface area contributed by atoms with Crippen LogP contribution in [0.15, 0.2) is 42.5 Å². The normalized spacial score (nSPS) is 12.6. The second-order valence-electron chi connectivity index (χ2n) is 8.12. The van der Waals surface area contributed by atoms with Crippen LogP contribution in [0.4, 0.5) is 32.4 Å². The summed E-state index contributed by atoms with van der Waals surface area (Å²) in [6.45, 7) is 4.84. The number of benzene rings is 2. The van der Waals surface area contributed by atoms with Gasteiger partial charge in [0.25, 0.3) is 0 Å². The summed E-state index contributed by atoms with van der Waals surface area (Å²) in [6, 6.07) is 5.87. The van der Waals surface area contributed by atoms with Crippen LogP contribution in [-0.2, 0) is 16.0 Å². The Balaban J connectivity index is 2.26. The summed E-state index contributed by atoms with van der Waals surface area (Å²) in [5.41, 5.74) is -0.580. The van der Waals surface area contributed by atoms with E-state index in [1.165, 1.54) is 19.2 Å². The molecule has 0 spiro atoms. The van der Waals surface area contributed by atoms with Gasteiger partial charge in [0, 0.05) is 25.2 Å². The number of nitrogens with zero attached hydrogens (tertiary/aromatic N) is 1. The van der Waals surface area contributed by atoms with Gasteiger partial charge in [-0.15, -0.1) is 13.2 Å². The lowest BCUT2D eigenvalue weighted by atomic mass is 10.0. The van der Waals surface area contributed by atoms with E-state index in [2.05, 4.69) is 10.1 Å². The maximum absolute atomic E-state index is 13.6. The number of nitrogens with one attached hydrogen (secondary N) is 1. The van der Waals surface area contributed by atoms with Crippen LogP contribution in [0, 0.1) is 11.6 Å². The summed E-state index contributed by atoms with van der Waals surface area (Å²) in [5, 5.41) is 2.38. The molecule has 2 aromatic carbocycles. The molecule has 0 saturated carbocycles. The van der Waals surface area contributed by atoms with Crippen LogP contribution in [0.5, 0.6) is 5.75 Å². The largest absolute Gasteiger partial charge is 0.573 e. The lowest BCUT2D eigenvalue weighted by molar-refractivity contribution is -0.274. The van der Waals surface area contributed by atoms with E-state index in [0.29, 0.717) is 6.07 Å². The summed E-state index contributed by atoms with van der Waals surface area (Å²) in [7, 11) is 1.33. The van der Waals surface area contributed by atoms with Gasteiger partial charge in [-0.1, -0.05) is 0 Å². The van der Waals surface area contributed by atoms with Gasteiger partial charge in [-0.05, 0) is 62.7 Å². The van der Waals surface area contributed by atoms with Crippen molar-refractivity contribution in [1.82, 2.24) is 5.32 Å². The summed E-state index contributed by atoms with van der Waals surface area (Å²) >= 11 is 0. The number of amides is 2. The zero-order valence-electron chi connectivity index (χ0n) is 18.3. The van der Waals surface area contributed by atoms with E-state index in [0.717, 1.165) is 29.2 Å². The van der Waals surface area contributed by atoms with E-state index >= 15 is 0 Å². The van der Waals surface area contributed by atoms with Gasteiger partial charge >= 0.3 is 12.5 Å². The van der Waals surface area contributed by atoms with Gasteiger partial charge < -0.3 is 19.7 Å². The SMILES string of the molecule is CN(C(=O)[C@H](Cc1cc(F)cc(F)c1)NC(=O)OC(C)(C)C)c1ccc(OC(F)(F)F)cc1. The summed E-state index contributed by atoms with van der Waals surface area (Å²) in [6.07, 6.45) is -6.07. The Morgan fingerprint density at radius 1 is 1.00 bits per heavy atom. The van der Waals surface area contributed by atoms with Crippen LogP contribution in [0.25, 0.3) is 0 Å². The van der Waals surface area contributed by atoms with E-state index in [1.54, 1.807) is 20.8 Å². The van der Waals surface area contributed by atoms with Crippen LogP contribution >= 0.6 is 0 Å². The van der Waals surface area contributed by atoms with E-state index in [1.807, 2.05) is 0 Å². The number of hydrogen-bond donors (Lipinski definition) is 1. The number of carbonyl (C=O) groups is 2. The van der Waals surface area contributed by atoms with Crippen molar-refractivity contribution in [1.29, 1.82) is 0 Å². The Hall–Kier alpha value is -3.37. The third-order valence-corrected chi connectivity index (χ3v) is 4.14. The van der Waals surface area contributed by atoms with Crippen LogP contribution in [0.3, 0.4) is 0 Å². The van der Waals surface area contributed by atoms with Crippen LogP contribution in [0.1, 0.15) is 26.3 Å². The molecule has 1 atom stereocenters. The molecule has 2 aromatic rings. The first-order chi connectivity index (χ1) is 15.1. The highest BCUT2D eigenvalue weighted by Gasteiger charge is 2.31. The molecular weight excluding hydrogens is 451 g/mol. The smallest absolute Gasteiger partial charge is 0.444 e. The molecule has 2 rings (SSSR count). The van der Waals surface area contributed by atoms with E-state index in [9.17, 15) is 31.5 Å². The minimum absolute atomic E-state index is 0.101. The first-order valence-electron chi connectivity index (χ1n) is 9.71. The lowest BCUT2D eigenvalue weighted by Gasteiger charge is -2.27. The molecule has 11 heteroatoms. The topological polar surface area (TPSA) is 67.9 Å². The fourth-order valence-corrected chi connectivity index (χ4v) is 2.85. The molecule has 0 saturated heterocycles. The number of alkyl carbamates (subject to hydrolysis) is 1. The summed E-state index contributed by atoms with van der Waals surface area (Å²) < 4.78 is 73.2. The Kier molecular flexibility index (Phi) is 7.89. The Bertz CT molecular complexity index is 968. The molecule has 0 aliphatic rings. The second-order valence-corrected chi connectivity index (χ2v) is 8.12. The molecule has 0 unspecified atom stereocenters. The van der Waals surface area contributed by atoms with Crippen LogP contribution < -0.4 is 15.0 Å². The third-order valence-electron chi connectivity index (χ3n) is 4.14. The first kappa shape index (κ1) is 25.9. The average Bonchev–Trinajstić information content (AvgIpc) is 2.63. The number of anilines is 1. The molecule has 2 amide bonds. The van der Waals surface area contributed by atoms with Gasteiger partial charge in [0.05, 0.1) is 0 Å². The second kappa shape index (κ2) is 10.1. The van der Waals surface area contributed by atoms with Crippen molar-refractivity contribution in [2.75, 3.05) is 11.9 Å². The number of rotatable bonds is 6. The molecule has 0 aliphatic heterocycles. The molecule has 0 bridgehead atoms. The number of halogens is 5. The van der Waals surface area contributed by atoms with Gasteiger partial charge in [0.1, 0.15) is 29.0 Å². The monoisotopic (exact) mass is 474 g/mol. The predicted octanol–water partition coefficient (Wildman–Crippen LogP) is 4.96. The molecule has 0 heterocycles. The highest BCUT2D eigenvalue weighted by Crippen LogP contribution is 2.25. The Labute approximate surface area is 187 Å². The molecule has 33 heavy (non-hydrogen) atoms. The van der Waals surface area contributed by atoms with Crippen molar-refractivity contribution < 1.29 is 41.0 Å².